The van der Waals surface area contributed by atoms with E-state index < -0.39 is 0 Å². The number of pyridine rings is 2. The Balaban J connectivity index is 1.86. The van der Waals surface area contributed by atoms with Crippen LogP contribution in [0.2, 0.25) is 0 Å². The molecule has 2 heterocycles. The van der Waals surface area contributed by atoms with Crippen molar-refractivity contribution in [3.8, 4) is 22.5 Å². The monoisotopic (exact) mass is 310 g/mol. The summed E-state index contributed by atoms with van der Waals surface area (Å²) < 4.78 is 0. The molecule has 0 fully saturated rings. The van der Waals surface area contributed by atoms with Gasteiger partial charge in [0.25, 0.3) is 0 Å². The highest BCUT2D eigenvalue weighted by atomic mass is 14.7. The van der Waals surface area contributed by atoms with Crippen LogP contribution in [0, 0.1) is 13.8 Å². The van der Waals surface area contributed by atoms with E-state index in [4.69, 9.17) is 0 Å². The number of hydrogen-bond acceptors (Lipinski definition) is 2. The summed E-state index contributed by atoms with van der Waals surface area (Å²) in [5, 5.41) is 2.38. The maximum absolute atomic E-state index is 4.62. The Bertz CT molecular complexity index is 1030. The van der Waals surface area contributed by atoms with E-state index in [0.29, 0.717) is 0 Å². The minimum Gasteiger partial charge on any atom is -0.256 e. The molecule has 0 amide bonds. The molecule has 0 N–H and O–H groups in total. The van der Waals surface area contributed by atoms with E-state index in [1.165, 1.54) is 21.9 Å². The normalized spacial score (nSPS) is 10.9. The summed E-state index contributed by atoms with van der Waals surface area (Å²) in [5.41, 5.74) is 6.72. The average Bonchev–Trinajstić information content (AvgIpc) is 2.63. The van der Waals surface area contributed by atoms with Crippen molar-refractivity contribution in [1.29, 1.82) is 0 Å². The zero-order valence-corrected chi connectivity index (χ0v) is 13.8. The third-order valence-electron chi connectivity index (χ3n) is 4.48. The molecule has 0 unspecified atom stereocenters. The van der Waals surface area contributed by atoms with Crippen molar-refractivity contribution in [3.63, 3.8) is 0 Å². The Morgan fingerprint density at radius 1 is 0.708 bits per heavy atom. The molecule has 116 valence electrons. The van der Waals surface area contributed by atoms with Crippen LogP contribution in [0.15, 0.2) is 73.1 Å². The highest BCUT2D eigenvalue weighted by Gasteiger charge is 2.08. The van der Waals surface area contributed by atoms with Crippen molar-refractivity contribution in [1.82, 2.24) is 9.97 Å². The first kappa shape index (κ1) is 14.6. The fourth-order valence-electron chi connectivity index (χ4n) is 2.96. The van der Waals surface area contributed by atoms with Crippen LogP contribution in [0.3, 0.4) is 0 Å². The molecule has 0 aliphatic rings. The predicted molar refractivity (Wildman–Crippen MR) is 99.9 cm³/mol. The van der Waals surface area contributed by atoms with E-state index in [-0.39, 0.29) is 0 Å². The zero-order chi connectivity index (χ0) is 16.5. The largest absolute Gasteiger partial charge is 0.256 e. The van der Waals surface area contributed by atoms with Crippen molar-refractivity contribution in [2.24, 2.45) is 0 Å². The summed E-state index contributed by atoms with van der Waals surface area (Å²) in [4.78, 5) is 9.21. The van der Waals surface area contributed by atoms with Crippen molar-refractivity contribution >= 4 is 10.8 Å². The molecule has 2 aromatic carbocycles. The van der Waals surface area contributed by atoms with Crippen LogP contribution in [-0.4, -0.2) is 9.97 Å². The van der Waals surface area contributed by atoms with Gasteiger partial charge in [0.05, 0.1) is 11.4 Å². The van der Waals surface area contributed by atoms with Gasteiger partial charge in [-0.1, -0.05) is 42.5 Å². The van der Waals surface area contributed by atoms with Crippen LogP contribution in [0.4, 0.5) is 0 Å². The quantitative estimate of drug-likeness (QED) is 0.483. The third kappa shape index (κ3) is 2.56. The second-order valence-corrected chi connectivity index (χ2v) is 6.12. The summed E-state index contributed by atoms with van der Waals surface area (Å²) >= 11 is 0. The lowest BCUT2D eigenvalue weighted by Crippen LogP contribution is -1.90. The molecule has 2 aromatic heterocycles. The van der Waals surface area contributed by atoms with Crippen molar-refractivity contribution < 1.29 is 0 Å². The molecule has 4 aromatic rings. The molecular formula is C22H18N2. The fraction of sp³-hybridized carbons (Fsp3) is 0.0909. The molecule has 0 bridgehead atoms. The molecule has 24 heavy (non-hydrogen) atoms. The molecule has 0 radical (unpaired) electrons. The summed E-state index contributed by atoms with van der Waals surface area (Å²) in [6, 6.07) is 21.0. The van der Waals surface area contributed by atoms with Crippen molar-refractivity contribution in [3.05, 3.63) is 84.2 Å². The average molecular weight is 310 g/mol. The molecule has 0 atom stereocenters. The Kier molecular flexibility index (Phi) is 3.58. The van der Waals surface area contributed by atoms with Crippen molar-refractivity contribution in [2.75, 3.05) is 0 Å². The number of hydrogen-bond donors (Lipinski definition) is 0. The Hall–Kier alpha value is -3.00. The van der Waals surface area contributed by atoms with Gasteiger partial charge in [0.2, 0.25) is 0 Å². The molecule has 0 aliphatic carbocycles. The summed E-state index contributed by atoms with van der Waals surface area (Å²) in [6.45, 7) is 4.21. The lowest BCUT2D eigenvalue weighted by molar-refractivity contribution is 1.22. The summed E-state index contributed by atoms with van der Waals surface area (Å²) in [6.07, 6.45) is 3.81. The van der Waals surface area contributed by atoms with Crippen LogP contribution in [-0.2, 0) is 0 Å². The number of aromatic nitrogens is 2. The van der Waals surface area contributed by atoms with Gasteiger partial charge in [-0.2, -0.15) is 0 Å². The minimum atomic E-state index is 1.00. The van der Waals surface area contributed by atoms with Gasteiger partial charge in [-0.25, -0.2) is 0 Å². The van der Waals surface area contributed by atoms with E-state index in [2.05, 4.69) is 78.4 Å². The van der Waals surface area contributed by atoms with Gasteiger partial charge in [-0.15, -0.1) is 0 Å². The lowest BCUT2D eigenvalue weighted by atomic mass is 10.00. The molecular weight excluding hydrogens is 292 g/mol. The molecule has 0 saturated carbocycles. The van der Waals surface area contributed by atoms with E-state index >= 15 is 0 Å². The molecule has 0 saturated heterocycles. The Morgan fingerprint density at radius 3 is 2.42 bits per heavy atom. The van der Waals surface area contributed by atoms with Crippen LogP contribution in [0.1, 0.15) is 11.1 Å². The highest BCUT2D eigenvalue weighted by molar-refractivity contribution is 5.94. The van der Waals surface area contributed by atoms with Gasteiger partial charge >= 0.3 is 0 Å². The number of rotatable bonds is 2. The standard InChI is InChI=1S/C22H18N2/c1-15-12-21(24-14-16(15)2)18-7-5-8-19(13-18)22-20-9-4-3-6-17(20)10-11-23-22/h3-14H,1-2H3. The topological polar surface area (TPSA) is 25.8 Å². The number of benzene rings is 2. The smallest absolute Gasteiger partial charge is 0.0780 e. The maximum Gasteiger partial charge on any atom is 0.0780 e. The van der Waals surface area contributed by atoms with Gasteiger partial charge < -0.3 is 0 Å². The minimum absolute atomic E-state index is 1.00. The molecule has 0 spiro atoms. The van der Waals surface area contributed by atoms with Gasteiger partial charge in [-0.3, -0.25) is 9.97 Å². The first-order chi connectivity index (χ1) is 11.7. The Morgan fingerprint density at radius 2 is 1.54 bits per heavy atom. The zero-order valence-electron chi connectivity index (χ0n) is 13.8. The highest BCUT2D eigenvalue weighted by Crippen LogP contribution is 2.29. The maximum atomic E-state index is 4.62. The van der Waals surface area contributed by atoms with E-state index in [1.54, 1.807) is 0 Å². The first-order valence-electron chi connectivity index (χ1n) is 8.10. The fourth-order valence-corrected chi connectivity index (χ4v) is 2.96. The van der Waals surface area contributed by atoms with Gasteiger partial charge in [0, 0.05) is 28.9 Å². The third-order valence-corrected chi connectivity index (χ3v) is 4.48. The molecule has 2 heteroatoms. The van der Waals surface area contributed by atoms with Crippen LogP contribution in [0.25, 0.3) is 33.3 Å². The first-order valence-corrected chi connectivity index (χ1v) is 8.10. The predicted octanol–water partition coefficient (Wildman–Crippen LogP) is 5.58. The van der Waals surface area contributed by atoms with Gasteiger partial charge in [0.15, 0.2) is 0 Å². The lowest BCUT2D eigenvalue weighted by Gasteiger charge is -2.09. The summed E-state index contributed by atoms with van der Waals surface area (Å²) in [7, 11) is 0. The van der Waals surface area contributed by atoms with E-state index in [9.17, 15) is 0 Å². The van der Waals surface area contributed by atoms with Gasteiger partial charge in [-0.05, 0) is 48.6 Å². The number of aryl methyl sites for hydroxylation is 2. The van der Waals surface area contributed by atoms with Crippen LogP contribution < -0.4 is 0 Å². The van der Waals surface area contributed by atoms with Gasteiger partial charge in [0.1, 0.15) is 0 Å². The molecule has 0 aliphatic heterocycles. The number of nitrogens with zero attached hydrogens (tertiary/aromatic N) is 2. The SMILES string of the molecule is Cc1cnc(-c2cccc(-c3nccc4ccccc34)c2)cc1C. The second kappa shape index (κ2) is 5.89. The van der Waals surface area contributed by atoms with E-state index in [0.717, 1.165) is 22.5 Å². The Labute approximate surface area is 141 Å². The van der Waals surface area contributed by atoms with Crippen molar-refractivity contribution in [2.45, 2.75) is 13.8 Å². The van der Waals surface area contributed by atoms with E-state index in [1.807, 2.05) is 18.5 Å². The molecule has 2 nitrogen and oxygen atoms in total. The van der Waals surface area contributed by atoms with Crippen LogP contribution in [0.5, 0.6) is 0 Å². The second-order valence-electron chi connectivity index (χ2n) is 6.12. The molecule has 4 rings (SSSR count). The van der Waals surface area contributed by atoms with Crippen LogP contribution >= 0.6 is 0 Å². The number of fused-ring (bicyclic) bond motifs is 1. The summed E-state index contributed by atoms with van der Waals surface area (Å²) in [5.74, 6) is 0.